The first kappa shape index (κ1) is 21.6. The lowest BCUT2D eigenvalue weighted by Crippen LogP contribution is -2.35. The zero-order valence-corrected chi connectivity index (χ0v) is 19.0. The number of likely N-dealkylation sites (tertiary alicyclic amines) is 1. The van der Waals surface area contributed by atoms with E-state index in [9.17, 15) is 4.79 Å². The molecule has 2 aliphatic heterocycles. The van der Waals surface area contributed by atoms with E-state index in [-0.39, 0.29) is 0 Å². The van der Waals surface area contributed by atoms with E-state index < -0.39 is 0 Å². The van der Waals surface area contributed by atoms with Gasteiger partial charge in [-0.15, -0.1) is 0 Å². The first-order valence-corrected chi connectivity index (χ1v) is 12.2. The fourth-order valence-corrected chi connectivity index (χ4v) is 5.85. The Labute approximate surface area is 182 Å². The first-order chi connectivity index (χ1) is 14.6. The third-order valence-electron chi connectivity index (χ3n) is 7.57. The number of carbonyl (C=O) groups excluding carboxylic acids is 1. The minimum Gasteiger partial charge on any atom is -0.493 e. The van der Waals surface area contributed by atoms with Crippen LogP contribution < -0.4 is 4.74 Å². The van der Waals surface area contributed by atoms with Gasteiger partial charge in [0.15, 0.2) is 5.78 Å². The molecule has 3 aliphatic rings. The largest absolute Gasteiger partial charge is 0.493 e. The normalized spacial score (nSPS) is 24.9. The molecule has 30 heavy (non-hydrogen) atoms. The summed E-state index contributed by atoms with van der Waals surface area (Å²) in [7, 11) is 0. The number of hydrogen-bond donors (Lipinski definition) is 0. The summed E-state index contributed by atoms with van der Waals surface area (Å²) < 4.78 is 5.77. The molecule has 2 fully saturated rings. The van der Waals surface area contributed by atoms with Gasteiger partial charge in [0.25, 0.3) is 0 Å². The van der Waals surface area contributed by atoms with Gasteiger partial charge in [0.1, 0.15) is 5.75 Å². The highest BCUT2D eigenvalue weighted by molar-refractivity contribution is 5.90. The summed E-state index contributed by atoms with van der Waals surface area (Å²) in [6.07, 6.45) is 12.7. The second kappa shape index (κ2) is 10.1. The molecule has 3 heteroatoms. The van der Waals surface area contributed by atoms with Crippen LogP contribution in [0.25, 0.3) is 0 Å². The van der Waals surface area contributed by atoms with Gasteiger partial charge in [-0.1, -0.05) is 30.5 Å². The summed E-state index contributed by atoms with van der Waals surface area (Å²) in [5.41, 5.74) is 4.17. The monoisotopic (exact) mass is 409 g/mol. The standard InChI is InChI=1S/C27H39NO2/c1-20(2)18-24(29)19-22-8-6-21(7-9-22)10-14-28-15-11-23(12-16-28)25-4-3-5-27-26(25)13-17-30-27/h3-5,18,21-23H,6-17,19H2,1-2H3. The number of fused-ring (bicyclic) bond motifs is 1. The molecule has 0 atom stereocenters. The van der Waals surface area contributed by atoms with E-state index in [1.54, 1.807) is 5.56 Å². The molecule has 1 aliphatic carbocycles. The highest BCUT2D eigenvalue weighted by atomic mass is 16.5. The number of hydrogen-bond acceptors (Lipinski definition) is 3. The van der Waals surface area contributed by atoms with Gasteiger partial charge in [0.05, 0.1) is 6.61 Å². The van der Waals surface area contributed by atoms with Gasteiger partial charge in [-0.3, -0.25) is 4.79 Å². The number of piperidine rings is 1. The van der Waals surface area contributed by atoms with Crippen molar-refractivity contribution in [2.24, 2.45) is 11.8 Å². The Kier molecular flexibility index (Phi) is 7.30. The van der Waals surface area contributed by atoms with Crippen LogP contribution in [0.3, 0.4) is 0 Å². The minimum absolute atomic E-state index is 0.331. The molecular weight excluding hydrogens is 370 g/mol. The van der Waals surface area contributed by atoms with E-state index in [1.807, 2.05) is 19.9 Å². The Hall–Kier alpha value is -1.61. The van der Waals surface area contributed by atoms with Crippen LogP contribution >= 0.6 is 0 Å². The third-order valence-corrected chi connectivity index (χ3v) is 7.57. The predicted molar refractivity (Wildman–Crippen MR) is 123 cm³/mol. The maximum atomic E-state index is 12.0. The van der Waals surface area contributed by atoms with E-state index in [0.29, 0.717) is 17.6 Å². The second-order valence-corrected chi connectivity index (χ2v) is 10.1. The summed E-state index contributed by atoms with van der Waals surface area (Å²) in [5, 5.41) is 0. The van der Waals surface area contributed by atoms with Crippen molar-refractivity contribution >= 4 is 5.78 Å². The van der Waals surface area contributed by atoms with E-state index in [1.165, 1.54) is 70.1 Å². The molecule has 0 unspecified atom stereocenters. The van der Waals surface area contributed by atoms with Crippen LogP contribution in [0.4, 0.5) is 0 Å². The minimum atomic E-state index is 0.331. The number of allylic oxidation sites excluding steroid dienone is 2. The average molecular weight is 410 g/mol. The number of benzene rings is 1. The van der Waals surface area contributed by atoms with Gasteiger partial charge >= 0.3 is 0 Å². The lowest BCUT2D eigenvalue weighted by molar-refractivity contribution is -0.115. The van der Waals surface area contributed by atoms with Gasteiger partial charge in [-0.05, 0) is 101 Å². The molecule has 0 amide bonds. The Balaban J connectivity index is 1.16. The maximum Gasteiger partial charge on any atom is 0.155 e. The molecule has 1 aromatic rings. The van der Waals surface area contributed by atoms with E-state index in [2.05, 4.69) is 23.1 Å². The number of ether oxygens (including phenoxy) is 1. The number of nitrogens with zero attached hydrogens (tertiary/aromatic N) is 1. The quantitative estimate of drug-likeness (QED) is 0.523. The maximum absolute atomic E-state index is 12.0. The van der Waals surface area contributed by atoms with Crippen LogP contribution in [0.2, 0.25) is 0 Å². The topological polar surface area (TPSA) is 29.5 Å². The van der Waals surface area contributed by atoms with Crippen molar-refractivity contribution in [2.45, 2.75) is 77.6 Å². The number of rotatable bonds is 7. The van der Waals surface area contributed by atoms with Gasteiger partial charge in [-0.25, -0.2) is 0 Å². The molecule has 0 bridgehead atoms. The molecule has 1 aromatic carbocycles. The van der Waals surface area contributed by atoms with Crippen molar-refractivity contribution in [3.63, 3.8) is 0 Å². The smallest absolute Gasteiger partial charge is 0.155 e. The highest BCUT2D eigenvalue weighted by Gasteiger charge is 2.27. The first-order valence-electron chi connectivity index (χ1n) is 12.2. The fraction of sp³-hybridized carbons (Fsp3) is 0.667. The summed E-state index contributed by atoms with van der Waals surface area (Å²) in [6.45, 7) is 8.62. The molecule has 1 saturated carbocycles. The van der Waals surface area contributed by atoms with Crippen LogP contribution in [-0.4, -0.2) is 36.9 Å². The zero-order chi connectivity index (χ0) is 20.9. The molecule has 0 aromatic heterocycles. The van der Waals surface area contributed by atoms with Gasteiger partial charge in [-0.2, -0.15) is 0 Å². The molecule has 0 spiro atoms. The van der Waals surface area contributed by atoms with Gasteiger partial charge in [0, 0.05) is 18.4 Å². The summed E-state index contributed by atoms with van der Waals surface area (Å²) in [5.74, 6) is 3.67. The summed E-state index contributed by atoms with van der Waals surface area (Å²) in [4.78, 5) is 14.7. The molecule has 0 radical (unpaired) electrons. The Bertz CT molecular complexity index is 748. The third kappa shape index (κ3) is 5.55. The van der Waals surface area contributed by atoms with Gasteiger partial charge in [0.2, 0.25) is 0 Å². The average Bonchev–Trinajstić information content (AvgIpc) is 3.22. The highest BCUT2D eigenvalue weighted by Crippen LogP contribution is 2.37. The van der Waals surface area contributed by atoms with E-state index in [0.717, 1.165) is 36.7 Å². The van der Waals surface area contributed by atoms with Crippen molar-refractivity contribution < 1.29 is 9.53 Å². The lowest BCUT2D eigenvalue weighted by Gasteiger charge is -2.35. The lowest BCUT2D eigenvalue weighted by atomic mass is 9.78. The summed E-state index contributed by atoms with van der Waals surface area (Å²) >= 11 is 0. The van der Waals surface area contributed by atoms with E-state index >= 15 is 0 Å². The number of ketones is 1. The Morgan fingerprint density at radius 1 is 1.07 bits per heavy atom. The van der Waals surface area contributed by atoms with Crippen LogP contribution in [0.15, 0.2) is 29.8 Å². The van der Waals surface area contributed by atoms with Crippen LogP contribution in [0, 0.1) is 11.8 Å². The molecular formula is C27H39NO2. The van der Waals surface area contributed by atoms with Crippen LogP contribution in [-0.2, 0) is 11.2 Å². The molecule has 2 heterocycles. The number of carbonyl (C=O) groups is 1. The predicted octanol–water partition coefficient (Wildman–Crippen LogP) is 5.92. The van der Waals surface area contributed by atoms with Crippen LogP contribution in [0.1, 0.15) is 82.3 Å². The Morgan fingerprint density at radius 2 is 1.80 bits per heavy atom. The van der Waals surface area contributed by atoms with E-state index in [4.69, 9.17) is 4.74 Å². The molecule has 0 N–H and O–H groups in total. The SMILES string of the molecule is CC(C)=CC(=O)CC1CCC(CCN2CCC(c3cccc4c3CCO4)CC2)CC1. The van der Waals surface area contributed by atoms with Crippen LogP contribution in [0.5, 0.6) is 5.75 Å². The zero-order valence-electron chi connectivity index (χ0n) is 19.0. The second-order valence-electron chi connectivity index (χ2n) is 10.1. The molecule has 3 nitrogen and oxygen atoms in total. The molecule has 164 valence electrons. The van der Waals surface area contributed by atoms with Crippen molar-refractivity contribution in [1.82, 2.24) is 4.90 Å². The van der Waals surface area contributed by atoms with Crippen molar-refractivity contribution in [1.29, 1.82) is 0 Å². The van der Waals surface area contributed by atoms with Crippen molar-refractivity contribution in [3.05, 3.63) is 41.0 Å². The summed E-state index contributed by atoms with van der Waals surface area (Å²) in [6, 6.07) is 6.65. The van der Waals surface area contributed by atoms with Gasteiger partial charge < -0.3 is 9.64 Å². The fourth-order valence-electron chi connectivity index (χ4n) is 5.85. The van der Waals surface area contributed by atoms with Crippen molar-refractivity contribution in [3.8, 4) is 5.75 Å². The van der Waals surface area contributed by atoms with Crippen molar-refractivity contribution in [2.75, 3.05) is 26.2 Å². The molecule has 4 rings (SSSR count). The molecule has 1 saturated heterocycles. The Morgan fingerprint density at radius 3 is 2.53 bits per heavy atom.